The van der Waals surface area contributed by atoms with Crippen molar-refractivity contribution in [3.8, 4) is 0 Å². The standard InChI is InChI=1S/C17H22N4O2/c1-12(2)8-10-18-17-19-11-9-15(21-17)20-14-7-5-4-6-13(14)16(22)23-3/h4-7,9,11-12H,8,10H2,1-3H3,(H2,18,19,20,21). The zero-order valence-electron chi connectivity index (χ0n) is 13.7. The zero-order chi connectivity index (χ0) is 16.7. The summed E-state index contributed by atoms with van der Waals surface area (Å²) in [4.78, 5) is 20.4. The molecule has 0 fully saturated rings. The fourth-order valence-corrected chi connectivity index (χ4v) is 2.00. The van der Waals surface area contributed by atoms with Crippen LogP contribution < -0.4 is 10.6 Å². The molecule has 0 spiro atoms. The Morgan fingerprint density at radius 1 is 1.26 bits per heavy atom. The Labute approximate surface area is 136 Å². The first-order valence-electron chi connectivity index (χ1n) is 7.61. The molecule has 1 heterocycles. The molecule has 0 aliphatic heterocycles. The van der Waals surface area contributed by atoms with Crippen LogP contribution >= 0.6 is 0 Å². The summed E-state index contributed by atoms with van der Waals surface area (Å²) in [7, 11) is 1.36. The van der Waals surface area contributed by atoms with Crippen molar-refractivity contribution in [2.45, 2.75) is 20.3 Å². The maximum Gasteiger partial charge on any atom is 0.339 e. The van der Waals surface area contributed by atoms with E-state index >= 15 is 0 Å². The van der Waals surface area contributed by atoms with Crippen LogP contribution in [-0.4, -0.2) is 29.6 Å². The largest absolute Gasteiger partial charge is 0.465 e. The van der Waals surface area contributed by atoms with Crippen LogP contribution in [0, 0.1) is 5.92 Å². The molecule has 1 aromatic heterocycles. The predicted molar refractivity (Wildman–Crippen MR) is 91.0 cm³/mol. The Bertz CT molecular complexity index is 659. The van der Waals surface area contributed by atoms with E-state index in [0.29, 0.717) is 28.9 Å². The minimum absolute atomic E-state index is 0.391. The van der Waals surface area contributed by atoms with E-state index in [1.54, 1.807) is 30.5 Å². The summed E-state index contributed by atoms with van der Waals surface area (Å²) in [5.74, 6) is 1.41. The average Bonchev–Trinajstić information content (AvgIpc) is 2.55. The number of para-hydroxylation sites is 1. The van der Waals surface area contributed by atoms with E-state index in [4.69, 9.17) is 4.74 Å². The van der Waals surface area contributed by atoms with Crippen molar-refractivity contribution in [1.29, 1.82) is 0 Å². The van der Waals surface area contributed by atoms with Gasteiger partial charge in [-0.3, -0.25) is 0 Å². The Morgan fingerprint density at radius 3 is 2.78 bits per heavy atom. The molecule has 23 heavy (non-hydrogen) atoms. The molecule has 122 valence electrons. The number of benzene rings is 1. The average molecular weight is 314 g/mol. The quantitative estimate of drug-likeness (QED) is 0.762. The second-order valence-electron chi connectivity index (χ2n) is 5.54. The topological polar surface area (TPSA) is 76.1 Å². The van der Waals surface area contributed by atoms with Crippen LogP contribution in [0.1, 0.15) is 30.6 Å². The number of carbonyl (C=O) groups excluding carboxylic acids is 1. The van der Waals surface area contributed by atoms with Crippen LogP contribution in [0.15, 0.2) is 36.5 Å². The fourth-order valence-electron chi connectivity index (χ4n) is 2.00. The van der Waals surface area contributed by atoms with E-state index in [-0.39, 0.29) is 0 Å². The summed E-state index contributed by atoms with van der Waals surface area (Å²) in [5.41, 5.74) is 1.11. The van der Waals surface area contributed by atoms with Crippen LogP contribution in [0.5, 0.6) is 0 Å². The number of nitrogens with one attached hydrogen (secondary N) is 2. The zero-order valence-corrected chi connectivity index (χ0v) is 13.7. The number of esters is 1. The van der Waals surface area contributed by atoms with E-state index in [0.717, 1.165) is 13.0 Å². The molecular weight excluding hydrogens is 292 g/mol. The molecule has 2 rings (SSSR count). The number of hydrogen-bond donors (Lipinski definition) is 2. The van der Waals surface area contributed by atoms with Crippen molar-refractivity contribution in [2.24, 2.45) is 5.92 Å². The molecule has 2 N–H and O–H groups in total. The number of carbonyl (C=O) groups is 1. The van der Waals surface area contributed by atoms with Gasteiger partial charge in [-0.25, -0.2) is 9.78 Å². The van der Waals surface area contributed by atoms with E-state index in [9.17, 15) is 4.79 Å². The highest BCUT2D eigenvalue weighted by molar-refractivity contribution is 5.96. The number of anilines is 3. The maximum absolute atomic E-state index is 11.8. The third kappa shape index (κ3) is 4.95. The molecule has 0 amide bonds. The van der Waals surface area contributed by atoms with Crippen molar-refractivity contribution in [2.75, 3.05) is 24.3 Å². The Balaban J connectivity index is 2.10. The molecule has 0 bridgehead atoms. The van der Waals surface area contributed by atoms with Crippen LogP contribution in [0.4, 0.5) is 17.5 Å². The molecule has 0 saturated carbocycles. The lowest BCUT2D eigenvalue weighted by molar-refractivity contribution is 0.0602. The Morgan fingerprint density at radius 2 is 2.04 bits per heavy atom. The van der Waals surface area contributed by atoms with Gasteiger partial charge < -0.3 is 15.4 Å². The van der Waals surface area contributed by atoms with Crippen molar-refractivity contribution < 1.29 is 9.53 Å². The monoisotopic (exact) mass is 314 g/mol. The van der Waals surface area contributed by atoms with E-state index in [2.05, 4.69) is 34.4 Å². The lowest BCUT2D eigenvalue weighted by atomic mass is 10.1. The van der Waals surface area contributed by atoms with Gasteiger partial charge in [0.15, 0.2) is 0 Å². The number of hydrogen-bond acceptors (Lipinski definition) is 6. The minimum Gasteiger partial charge on any atom is -0.465 e. The van der Waals surface area contributed by atoms with E-state index in [1.807, 2.05) is 6.07 Å². The SMILES string of the molecule is COC(=O)c1ccccc1Nc1ccnc(NCCC(C)C)n1. The van der Waals surface area contributed by atoms with Crippen LogP contribution in [0.25, 0.3) is 0 Å². The van der Waals surface area contributed by atoms with Crippen molar-refractivity contribution in [3.05, 3.63) is 42.1 Å². The molecule has 6 heteroatoms. The fraction of sp³-hybridized carbons (Fsp3) is 0.353. The van der Waals surface area contributed by atoms with E-state index in [1.165, 1.54) is 7.11 Å². The first-order valence-corrected chi connectivity index (χ1v) is 7.61. The van der Waals surface area contributed by atoms with Gasteiger partial charge in [-0.1, -0.05) is 26.0 Å². The predicted octanol–water partition coefficient (Wildman–Crippen LogP) is 3.46. The summed E-state index contributed by atoms with van der Waals surface area (Å²) in [6.45, 7) is 5.16. The van der Waals surface area contributed by atoms with Gasteiger partial charge >= 0.3 is 5.97 Å². The molecule has 0 unspecified atom stereocenters. The first kappa shape index (κ1) is 16.7. The third-order valence-electron chi connectivity index (χ3n) is 3.26. The highest BCUT2D eigenvalue weighted by Gasteiger charge is 2.11. The molecular formula is C17H22N4O2. The second kappa shape index (κ2) is 8.12. The van der Waals surface area contributed by atoms with Gasteiger partial charge in [-0.15, -0.1) is 0 Å². The number of aromatic nitrogens is 2. The van der Waals surface area contributed by atoms with Crippen LogP contribution in [0.3, 0.4) is 0 Å². The number of nitrogens with zero attached hydrogens (tertiary/aromatic N) is 2. The lowest BCUT2D eigenvalue weighted by Gasteiger charge is -2.11. The molecule has 6 nitrogen and oxygen atoms in total. The van der Waals surface area contributed by atoms with Gasteiger partial charge in [0.1, 0.15) is 5.82 Å². The summed E-state index contributed by atoms with van der Waals surface area (Å²) >= 11 is 0. The normalized spacial score (nSPS) is 10.4. The van der Waals surface area contributed by atoms with Gasteiger partial charge in [0.05, 0.1) is 18.4 Å². The molecule has 0 atom stereocenters. The van der Waals surface area contributed by atoms with Gasteiger partial charge in [0.25, 0.3) is 0 Å². The summed E-state index contributed by atoms with van der Waals surface area (Å²) in [5, 5.41) is 6.33. The highest BCUT2D eigenvalue weighted by atomic mass is 16.5. The summed E-state index contributed by atoms with van der Waals surface area (Å²) in [6, 6.07) is 8.90. The second-order valence-corrected chi connectivity index (χ2v) is 5.54. The molecule has 0 radical (unpaired) electrons. The lowest BCUT2D eigenvalue weighted by Crippen LogP contribution is -2.09. The maximum atomic E-state index is 11.8. The number of rotatable bonds is 7. The summed E-state index contributed by atoms with van der Waals surface area (Å²) < 4.78 is 4.79. The van der Waals surface area contributed by atoms with Crippen LogP contribution in [-0.2, 0) is 4.74 Å². The third-order valence-corrected chi connectivity index (χ3v) is 3.26. The summed E-state index contributed by atoms with van der Waals surface area (Å²) in [6.07, 6.45) is 2.72. The van der Waals surface area contributed by atoms with E-state index < -0.39 is 5.97 Å². The van der Waals surface area contributed by atoms with Gasteiger partial charge in [0.2, 0.25) is 5.95 Å². The minimum atomic E-state index is -0.391. The Hall–Kier alpha value is -2.63. The van der Waals surface area contributed by atoms with Crippen LogP contribution in [0.2, 0.25) is 0 Å². The van der Waals surface area contributed by atoms with Crippen molar-refractivity contribution in [3.63, 3.8) is 0 Å². The van der Waals surface area contributed by atoms with Crippen molar-refractivity contribution in [1.82, 2.24) is 9.97 Å². The first-order chi connectivity index (χ1) is 11.1. The van der Waals surface area contributed by atoms with Gasteiger partial charge in [-0.2, -0.15) is 4.98 Å². The smallest absolute Gasteiger partial charge is 0.339 e. The van der Waals surface area contributed by atoms with Gasteiger partial charge in [0, 0.05) is 12.7 Å². The number of methoxy groups -OCH3 is 1. The number of ether oxygens (including phenoxy) is 1. The molecule has 2 aromatic rings. The molecule has 0 aliphatic rings. The molecule has 1 aromatic carbocycles. The van der Waals surface area contributed by atoms with Crippen molar-refractivity contribution >= 4 is 23.4 Å². The van der Waals surface area contributed by atoms with Gasteiger partial charge in [-0.05, 0) is 30.5 Å². The molecule has 0 aliphatic carbocycles. The highest BCUT2D eigenvalue weighted by Crippen LogP contribution is 2.20. The molecule has 0 saturated heterocycles. The Kier molecular flexibility index (Phi) is 5.91.